The maximum atomic E-state index is 11.8. The number of nitrogens with one attached hydrogen (secondary N) is 1. The van der Waals surface area contributed by atoms with Gasteiger partial charge in [0.05, 0.1) is 13.7 Å². The van der Waals surface area contributed by atoms with E-state index in [4.69, 9.17) is 4.74 Å². The molecule has 1 aromatic rings. The number of ether oxygens (including phenoxy) is 1. The number of rotatable bonds is 5. The number of carbonyl (C=O) groups excluding carboxylic acids is 2. The van der Waals surface area contributed by atoms with E-state index in [9.17, 15) is 9.59 Å². The summed E-state index contributed by atoms with van der Waals surface area (Å²) in [4.78, 5) is 24.2. The fourth-order valence-corrected chi connectivity index (χ4v) is 1.41. The standard InChI is InChI=1S/C14H18N2O3/c1-15-13(17)10-16(2)14(18)8-7-11-5-4-6-12(9-11)19-3/h4-9H,10H2,1-3H3,(H,15,17)/b8-7+. The lowest BCUT2D eigenvalue weighted by atomic mass is 10.2. The van der Waals surface area contributed by atoms with Gasteiger partial charge in [-0.05, 0) is 23.8 Å². The normalized spacial score (nSPS) is 10.3. The second kappa shape index (κ2) is 7.20. The van der Waals surface area contributed by atoms with Crippen molar-refractivity contribution < 1.29 is 14.3 Å². The van der Waals surface area contributed by atoms with Crippen molar-refractivity contribution in [3.05, 3.63) is 35.9 Å². The van der Waals surface area contributed by atoms with E-state index < -0.39 is 0 Å². The van der Waals surface area contributed by atoms with Gasteiger partial charge in [-0.15, -0.1) is 0 Å². The molecule has 102 valence electrons. The Labute approximate surface area is 112 Å². The van der Waals surface area contributed by atoms with Crippen molar-refractivity contribution in [1.29, 1.82) is 0 Å². The molecule has 0 saturated heterocycles. The molecule has 1 aromatic carbocycles. The number of benzene rings is 1. The molecule has 19 heavy (non-hydrogen) atoms. The summed E-state index contributed by atoms with van der Waals surface area (Å²) in [6.45, 7) is 0.0395. The van der Waals surface area contributed by atoms with E-state index in [0.717, 1.165) is 11.3 Å². The minimum Gasteiger partial charge on any atom is -0.497 e. The summed E-state index contributed by atoms with van der Waals surface area (Å²) in [5.41, 5.74) is 0.862. The number of hydrogen-bond donors (Lipinski definition) is 1. The first-order chi connectivity index (χ1) is 9.06. The molecular weight excluding hydrogens is 244 g/mol. The molecular formula is C14H18N2O3. The minimum absolute atomic E-state index is 0.0395. The predicted octanol–water partition coefficient (Wildman–Crippen LogP) is 0.913. The monoisotopic (exact) mass is 262 g/mol. The van der Waals surface area contributed by atoms with Crippen LogP contribution in [-0.2, 0) is 9.59 Å². The van der Waals surface area contributed by atoms with Crippen molar-refractivity contribution >= 4 is 17.9 Å². The highest BCUT2D eigenvalue weighted by Crippen LogP contribution is 2.13. The lowest BCUT2D eigenvalue weighted by Crippen LogP contribution is -2.35. The Balaban J connectivity index is 2.64. The van der Waals surface area contributed by atoms with Crippen LogP contribution < -0.4 is 10.1 Å². The van der Waals surface area contributed by atoms with Crippen LogP contribution in [0.3, 0.4) is 0 Å². The van der Waals surface area contributed by atoms with E-state index in [-0.39, 0.29) is 18.4 Å². The number of methoxy groups -OCH3 is 1. The van der Waals surface area contributed by atoms with Gasteiger partial charge in [-0.3, -0.25) is 9.59 Å². The molecule has 0 aliphatic rings. The SMILES string of the molecule is CNC(=O)CN(C)C(=O)/C=C/c1cccc(OC)c1. The first-order valence-electron chi connectivity index (χ1n) is 5.84. The summed E-state index contributed by atoms with van der Waals surface area (Å²) in [5, 5.41) is 2.47. The van der Waals surface area contributed by atoms with Crippen LogP contribution in [-0.4, -0.2) is 44.5 Å². The fraction of sp³-hybridized carbons (Fsp3) is 0.286. The molecule has 0 aromatic heterocycles. The van der Waals surface area contributed by atoms with E-state index in [1.165, 1.54) is 18.0 Å². The van der Waals surface area contributed by atoms with E-state index >= 15 is 0 Å². The molecule has 1 N–H and O–H groups in total. The third kappa shape index (κ3) is 4.83. The van der Waals surface area contributed by atoms with Crippen LogP contribution in [0.25, 0.3) is 6.08 Å². The lowest BCUT2D eigenvalue weighted by Gasteiger charge is -2.13. The van der Waals surface area contributed by atoms with Crippen LogP contribution in [0.15, 0.2) is 30.3 Å². The molecule has 0 atom stereocenters. The molecule has 0 bridgehead atoms. The van der Waals surface area contributed by atoms with Gasteiger partial charge >= 0.3 is 0 Å². The van der Waals surface area contributed by atoms with Crippen LogP contribution in [0, 0.1) is 0 Å². The molecule has 0 heterocycles. The second-order valence-corrected chi connectivity index (χ2v) is 3.98. The summed E-state index contributed by atoms with van der Waals surface area (Å²) in [5.74, 6) is 0.297. The smallest absolute Gasteiger partial charge is 0.246 e. The Hall–Kier alpha value is -2.30. The van der Waals surface area contributed by atoms with E-state index in [1.54, 1.807) is 20.2 Å². The molecule has 1 rings (SSSR count). The van der Waals surface area contributed by atoms with Gasteiger partial charge in [0, 0.05) is 20.2 Å². The van der Waals surface area contributed by atoms with Gasteiger partial charge in [0.15, 0.2) is 0 Å². The molecule has 5 heteroatoms. The maximum absolute atomic E-state index is 11.8. The van der Waals surface area contributed by atoms with E-state index in [1.807, 2.05) is 24.3 Å². The van der Waals surface area contributed by atoms with Crippen molar-refractivity contribution in [3.63, 3.8) is 0 Å². The largest absolute Gasteiger partial charge is 0.497 e. The van der Waals surface area contributed by atoms with Crippen LogP contribution in [0.4, 0.5) is 0 Å². The Morgan fingerprint density at radius 3 is 2.79 bits per heavy atom. The predicted molar refractivity (Wildman–Crippen MR) is 73.7 cm³/mol. The molecule has 0 aliphatic heterocycles. The summed E-state index contributed by atoms with van der Waals surface area (Å²) >= 11 is 0. The topological polar surface area (TPSA) is 58.6 Å². The van der Waals surface area contributed by atoms with Crippen molar-refractivity contribution in [3.8, 4) is 5.75 Å². The van der Waals surface area contributed by atoms with Crippen LogP contribution in [0.1, 0.15) is 5.56 Å². The van der Waals surface area contributed by atoms with Crippen molar-refractivity contribution in [2.45, 2.75) is 0 Å². The average Bonchev–Trinajstić information content (AvgIpc) is 2.44. The molecule has 2 amide bonds. The molecule has 0 radical (unpaired) electrons. The highest BCUT2D eigenvalue weighted by molar-refractivity contribution is 5.94. The molecule has 5 nitrogen and oxygen atoms in total. The summed E-state index contributed by atoms with van der Waals surface area (Å²) in [7, 11) is 4.70. The first-order valence-corrected chi connectivity index (χ1v) is 5.84. The van der Waals surface area contributed by atoms with Crippen molar-refractivity contribution in [2.24, 2.45) is 0 Å². The molecule has 0 spiro atoms. The Bertz CT molecular complexity index is 483. The molecule has 0 unspecified atom stereocenters. The van der Waals surface area contributed by atoms with Gasteiger partial charge < -0.3 is 15.0 Å². The van der Waals surface area contributed by atoms with Crippen molar-refractivity contribution in [2.75, 3.05) is 27.7 Å². The van der Waals surface area contributed by atoms with Crippen LogP contribution in [0.2, 0.25) is 0 Å². The van der Waals surface area contributed by atoms with E-state index in [0.29, 0.717) is 0 Å². The highest BCUT2D eigenvalue weighted by Gasteiger charge is 2.08. The number of carbonyl (C=O) groups is 2. The Kier molecular flexibility index (Phi) is 5.60. The van der Waals surface area contributed by atoms with Crippen LogP contribution >= 0.6 is 0 Å². The highest BCUT2D eigenvalue weighted by atomic mass is 16.5. The summed E-state index contributed by atoms with van der Waals surface area (Å²) in [6.07, 6.45) is 3.11. The van der Waals surface area contributed by atoms with E-state index in [2.05, 4.69) is 5.32 Å². The third-order valence-electron chi connectivity index (χ3n) is 2.55. The van der Waals surface area contributed by atoms with Gasteiger partial charge in [0.2, 0.25) is 11.8 Å². The van der Waals surface area contributed by atoms with Gasteiger partial charge in [-0.25, -0.2) is 0 Å². The fourth-order valence-electron chi connectivity index (χ4n) is 1.41. The van der Waals surface area contributed by atoms with Gasteiger partial charge in [-0.1, -0.05) is 12.1 Å². The lowest BCUT2D eigenvalue weighted by molar-refractivity contribution is -0.130. The Morgan fingerprint density at radius 2 is 2.16 bits per heavy atom. The first kappa shape index (κ1) is 14.8. The molecule has 0 fully saturated rings. The average molecular weight is 262 g/mol. The number of hydrogen-bond acceptors (Lipinski definition) is 3. The zero-order valence-electron chi connectivity index (χ0n) is 11.3. The third-order valence-corrected chi connectivity index (χ3v) is 2.55. The number of amides is 2. The maximum Gasteiger partial charge on any atom is 0.246 e. The second-order valence-electron chi connectivity index (χ2n) is 3.98. The summed E-state index contributed by atoms with van der Waals surface area (Å²) < 4.78 is 5.09. The number of likely N-dealkylation sites (N-methyl/N-ethyl adjacent to an activating group) is 2. The zero-order valence-corrected chi connectivity index (χ0v) is 11.3. The van der Waals surface area contributed by atoms with Crippen molar-refractivity contribution in [1.82, 2.24) is 10.2 Å². The van der Waals surface area contributed by atoms with Crippen LogP contribution in [0.5, 0.6) is 5.75 Å². The van der Waals surface area contributed by atoms with Gasteiger partial charge in [0.1, 0.15) is 5.75 Å². The quantitative estimate of drug-likeness (QED) is 0.803. The minimum atomic E-state index is -0.230. The van der Waals surface area contributed by atoms with Gasteiger partial charge in [0.25, 0.3) is 0 Å². The molecule has 0 aliphatic carbocycles. The number of nitrogens with zero attached hydrogens (tertiary/aromatic N) is 1. The molecule has 0 saturated carbocycles. The zero-order chi connectivity index (χ0) is 14.3. The Morgan fingerprint density at radius 1 is 1.42 bits per heavy atom. The summed E-state index contributed by atoms with van der Waals surface area (Å²) in [6, 6.07) is 7.36. The van der Waals surface area contributed by atoms with Gasteiger partial charge in [-0.2, -0.15) is 0 Å².